The van der Waals surface area contributed by atoms with Crippen molar-refractivity contribution >= 4 is 5.78 Å². The maximum absolute atomic E-state index is 12.1. The Hall–Kier alpha value is -0.410. The normalized spacial score (nSPS) is 25.5. The standard InChI is InChI=1S/C12H23NO2/c1-9(2)11(8-14)12(15)10-5-4-6-13(3)7-10/h9-11,14H,4-8H2,1-3H3. The van der Waals surface area contributed by atoms with Crippen molar-refractivity contribution < 1.29 is 9.90 Å². The third kappa shape index (κ3) is 3.28. The average Bonchev–Trinajstić information content (AvgIpc) is 2.18. The van der Waals surface area contributed by atoms with E-state index in [0.717, 1.165) is 25.9 Å². The van der Waals surface area contributed by atoms with Gasteiger partial charge in [-0.05, 0) is 32.4 Å². The highest BCUT2D eigenvalue weighted by Gasteiger charge is 2.30. The number of likely N-dealkylation sites (tertiary alicyclic amines) is 1. The van der Waals surface area contributed by atoms with E-state index in [9.17, 15) is 9.90 Å². The Morgan fingerprint density at radius 2 is 2.20 bits per heavy atom. The summed E-state index contributed by atoms with van der Waals surface area (Å²) in [5.74, 6) is 0.485. The Morgan fingerprint density at radius 3 is 2.67 bits per heavy atom. The molecule has 3 nitrogen and oxygen atoms in total. The minimum atomic E-state index is -0.165. The van der Waals surface area contributed by atoms with Gasteiger partial charge in [-0.3, -0.25) is 4.79 Å². The Labute approximate surface area is 92.5 Å². The molecular weight excluding hydrogens is 190 g/mol. The monoisotopic (exact) mass is 213 g/mol. The number of rotatable bonds is 4. The van der Waals surface area contributed by atoms with Crippen LogP contribution in [0.5, 0.6) is 0 Å². The van der Waals surface area contributed by atoms with E-state index in [4.69, 9.17) is 0 Å². The van der Waals surface area contributed by atoms with Crippen molar-refractivity contribution in [2.24, 2.45) is 17.8 Å². The predicted molar refractivity (Wildman–Crippen MR) is 60.6 cm³/mol. The SMILES string of the molecule is CC(C)C(CO)C(=O)C1CCCN(C)C1. The van der Waals surface area contributed by atoms with Crippen LogP contribution in [-0.2, 0) is 4.79 Å². The Bertz CT molecular complexity index is 216. The molecular formula is C12H23NO2. The second-order valence-electron chi connectivity index (χ2n) is 5.04. The van der Waals surface area contributed by atoms with Crippen LogP contribution in [0.3, 0.4) is 0 Å². The highest BCUT2D eigenvalue weighted by molar-refractivity contribution is 5.84. The summed E-state index contributed by atoms with van der Waals surface area (Å²) in [7, 11) is 2.06. The van der Waals surface area contributed by atoms with Crippen molar-refractivity contribution in [3.05, 3.63) is 0 Å². The molecule has 0 radical (unpaired) electrons. The quantitative estimate of drug-likeness (QED) is 0.762. The van der Waals surface area contributed by atoms with Gasteiger partial charge in [-0.1, -0.05) is 13.8 Å². The van der Waals surface area contributed by atoms with Gasteiger partial charge in [-0.15, -0.1) is 0 Å². The van der Waals surface area contributed by atoms with Crippen molar-refractivity contribution in [2.75, 3.05) is 26.7 Å². The maximum Gasteiger partial charge on any atom is 0.142 e. The Kier molecular flexibility index (Phi) is 4.74. The van der Waals surface area contributed by atoms with Crippen molar-refractivity contribution in [3.8, 4) is 0 Å². The molecule has 15 heavy (non-hydrogen) atoms. The average molecular weight is 213 g/mol. The molecule has 1 saturated heterocycles. The van der Waals surface area contributed by atoms with Crippen LogP contribution in [0.1, 0.15) is 26.7 Å². The van der Waals surface area contributed by atoms with E-state index in [1.807, 2.05) is 13.8 Å². The van der Waals surface area contributed by atoms with Crippen LogP contribution >= 0.6 is 0 Å². The molecule has 0 aromatic heterocycles. The molecule has 0 amide bonds. The fraction of sp³-hybridized carbons (Fsp3) is 0.917. The maximum atomic E-state index is 12.1. The van der Waals surface area contributed by atoms with Crippen molar-refractivity contribution in [1.29, 1.82) is 0 Å². The summed E-state index contributed by atoms with van der Waals surface area (Å²) in [6, 6.07) is 0. The van der Waals surface area contributed by atoms with Crippen LogP contribution in [0.4, 0.5) is 0 Å². The molecule has 1 aliphatic heterocycles. The lowest BCUT2D eigenvalue weighted by molar-refractivity contribution is -0.131. The highest BCUT2D eigenvalue weighted by Crippen LogP contribution is 2.23. The molecule has 1 heterocycles. The van der Waals surface area contributed by atoms with E-state index in [1.165, 1.54) is 0 Å². The summed E-state index contributed by atoms with van der Waals surface area (Å²) >= 11 is 0. The van der Waals surface area contributed by atoms with E-state index in [2.05, 4.69) is 11.9 Å². The van der Waals surface area contributed by atoms with Crippen LogP contribution in [0.2, 0.25) is 0 Å². The van der Waals surface area contributed by atoms with E-state index < -0.39 is 0 Å². The predicted octanol–water partition coefficient (Wildman–Crippen LogP) is 1.16. The smallest absolute Gasteiger partial charge is 0.142 e. The molecule has 0 saturated carbocycles. The molecule has 0 spiro atoms. The number of Topliss-reactive ketones (excluding diaryl/α,β-unsaturated/α-hetero) is 1. The number of piperidine rings is 1. The first-order valence-corrected chi connectivity index (χ1v) is 5.89. The first-order chi connectivity index (χ1) is 7.06. The van der Waals surface area contributed by atoms with Crippen LogP contribution in [0.15, 0.2) is 0 Å². The highest BCUT2D eigenvalue weighted by atomic mass is 16.3. The Balaban J connectivity index is 2.57. The molecule has 1 N–H and O–H groups in total. The fourth-order valence-electron chi connectivity index (χ4n) is 2.33. The lowest BCUT2D eigenvalue weighted by Gasteiger charge is -2.31. The van der Waals surface area contributed by atoms with Gasteiger partial charge in [0.15, 0.2) is 0 Å². The minimum Gasteiger partial charge on any atom is -0.396 e. The molecule has 1 fully saturated rings. The molecule has 88 valence electrons. The van der Waals surface area contributed by atoms with Crippen LogP contribution < -0.4 is 0 Å². The largest absolute Gasteiger partial charge is 0.396 e. The zero-order chi connectivity index (χ0) is 11.4. The molecule has 0 aliphatic carbocycles. The molecule has 2 unspecified atom stereocenters. The van der Waals surface area contributed by atoms with Gasteiger partial charge in [0.05, 0.1) is 6.61 Å². The van der Waals surface area contributed by atoms with Gasteiger partial charge in [-0.25, -0.2) is 0 Å². The second kappa shape index (κ2) is 5.61. The number of carbonyl (C=O) groups is 1. The summed E-state index contributed by atoms with van der Waals surface area (Å²) in [4.78, 5) is 14.3. The lowest BCUT2D eigenvalue weighted by Crippen LogP contribution is -2.40. The number of hydrogen-bond donors (Lipinski definition) is 1. The van der Waals surface area contributed by atoms with Crippen molar-refractivity contribution in [1.82, 2.24) is 4.90 Å². The molecule has 0 aromatic rings. The zero-order valence-electron chi connectivity index (χ0n) is 10.1. The number of ketones is 1. The summed E-state index contributed by atoms with van der Waals surface area (Å²) < 4.78 is 0. The van der Waals surface area contributed by atoms with E-state index in [0.29, 0.717) is 0 Å². The number of carbonyl (C=O) groups excluding carboxylic acids is 1. The molecule has 1 aliphatic rings. The van der Waals surface area contributed by atoms with Gasteiger partial charge in [0, 0.05) is 18.4 Å². The first kappa shape index (κ1) is 12.7. The molecule has 3 heteroatoms. The summed E-state index contributed by atoms with van der Waals surface area (Å²) in [6.45, 7) is 5.96. The topological polar surface area (TPSA) is 40.5 Å². The molecule has 2 atom stereocenters. The van der Waals surface area contributed by atoms with Gasteiger partial charge in [0.1, 0.15) is 5.78 Å². The minimum absolute atomic E-state index is 0.00326. The molecule has 0 aromatic carbocycles. The van der Waals surface area contributed by atoms with Crippen molar-refractivity contribution in [2.45, 2.75) is 26.7 Å². The van der Waals surface area contributed by atoms with Crippen molar-refractivity contribution in [3.63, 3.8) is 0 Å². The van der Waals surface area contributed by atoms with Gasteiger partial charge in [0.25, 0.3) is 0 Å². The first-order valence-electron chi connectivity index (χ1n) is 5.89. The number of aliphatic hydroxyl groups is 1. The summed E-state index contributed by atoms with van der Waals surface area (Å²) in [6.07, 6.45) is 2.09. The van der Waals surface area contributed by atoms with Crippen LogP contribution in [0, 0.1) is 17.8 Å². The summed E-state index contributed by atoms with van der Waals surface area (Å²) in [5, 5.41) is 9.23. The summed E-state index contributed by atoms with van der Waals surface area (Å²) in [5.41, 5.74) is 0. The van der Waals surface area contributed by atoms with E-state index in [1.54, 1.807) is 0 Å². The number of aliphatic hydroxyl groups excluding tert-OH is 1. The van der Waals surface area contributed by atoms with E-state index >= 15 is 0 Å². The third-order valence-electron chi connectivity index (χ3n) is 3.39. The van der Waals surface area contributed by atoms with E-state index in [-0.39, 0.29) is 30.1 Å². The Morgan fingerprint density at radius 1 is 1.53 bits per heavy atom. The second-order valence-corrected chi connectivity index (χ2v) is 5.04. The van der Waals surface area contributed by atoms with Gasteiger partial charge in [-0.2, -0.15) is 0 Å². The third-order valence-corrected chi connectivity index (χ3v) is 3.39. The van der Waals surface area contributed by atoms with Crippen LogP contribution in [-0.4, -0.2) is 42.5 Å². The fourth-order valence-corrected chi connectivity index (χ4v) is 2.33. The molecule has 0 bridgehead atoms. The van der Waals surface area contributed by atoms with Gasteiger partial charge < -0.3 is 10.0 Å². The van der Waals surface area contributed by atoms with Gasteiger partial charge >= 0.3 is 0 Å². The van der Waals surface area contributed by atoms with Crippen LogP contribution in [0.25, 0.3) is 0 Å². The van der Waals surface area contributed by atoms with Gasteiger partial charge in [0.2, 0.25) is 0 Å². The zero-order valence-corrected chi connectivity index (χ0v) is 10.1. The molecule has 1 rings (SSSR count). The number of hydrogen-bond acceptors (Lipinski definition) is 3. The lowest BCUT2D eigenvalue weighted by atomic mass is 9.82. The number of nitrogens with zero attached hydrogens (tertiary/aromatic N) is 1.